The minimum Gasteiger partial charge on any atom is -0.504 e. The smallest absolute Gasteiger partial charge is 0.336 e. The van der Waals surface area contributed by atoms with Crippen LogP contribution in [0.4, 0.5) is 0 Å². The number of hydrogen-bond acceptors (Lipinski definition) is 8. The van der Waals surface area contributed by atoms with Gasteiger partial charge in [-0.3, -0.25) is 9.79 Å². The maximum Gasteiger partial charge on any atom is 0.336 e. The van der Waals surface area contributed by atoms with Crippen molar-refractivity contribution in [2.75, 3.05) is 34.0 Å². The lowest BCUT2D eigenvalue weighted by Gasteiger charge is -2.38. The van der Waals surface area contributed by atoms with Gasteiger partial charge in [0, 0.05) is 30.9 Å². The van der Waals surface area contributed by atoms with Crippen molar-refractivity contribution in [2.45, 2.75) is 38.5 Å². The number of ketones is 1. The van der Waals surface area contributed by atoms with Crippen molar-refractivity contribution in [1.29, 1.82) is 0 Å². The maximum atomic E-state index is 13.8. The molecular weight excluding hydrogens is 474 g/mol. The number of allylic oxidation sites excluding steroid dienone is 1. The lowest BCUT2D eigenvalue weighted by Crippen LogP contribution is -2.41. The van der Waals surface area contributed by atoms with E-state index in [4.69, 9.17) is 23.9 Å². The van der Waals surface area contributed by atoms with Gasteiger partial charge in [0.1, 0.15) is 18.1 Å². The molecule has 0 aromatic heterocycles. The van der Waals surface area contributed by atoms with Crippen LogP contribution in [0.15, 0.2) is 58.7 Å². The molecule has 1 aliphatic carbocycles. The molecule has 2 aliphatic rings. The van der Waals surface area contributed by atoms with Crippen LogP contribution < -0.4 is 9.47 Å². The molecule has 1 unspecified atom stereocenters. The van der Waals surface area contributed by atoms with Crippen molar-refractivity contribution in [3.8, 4) is 17.2 Å². The summed E-state index contributed by atoms with van der Waals surface area (Å²) in [6, 6.07) is 12.7. The fourth-order valence-electron chi connectivity index (χ4n) is 5.20. The highest BCUT2D eigenvalue weighted by atomic mass is 16.6. The fraction of sp³-hybridized carbons (Fsp3) is 0.414. The summed E-state index contributed by atoms with van der Waals surface area (Å²) < 4.78 is 21.4. The molecule has 196 valence electrons. The largest absolute Gasteiger partial charge is 0.504 e. The van der Waals surface area contributed by atoms with E-state index in [1.165, 1.54) is 13.2 Å². The summed E-state index contributed by atoms with van der Waals surface area (Å²) in [7, 11) is 3.15. The number of fused-ring (bicyclic) bond motifs is 1. The molecule has 4 rings (SSSR count). The first kappa shape index (κ1) is 26.4. The normalized spacial score (nSPS) is 21.2. The highest BCUT2D eigenvalue weighted by Crippen LogP contribution is 2.47. The molecule has 0 radical (unpaired) electrons. The Morgan fingerprint density at radius 1 is 1.03 bits per heavy atom. The van der Waals surface area contributed by atoms with E-state index in [0.29, 0.717) is 42.0 Å². The van der Waals surface area contributed by atoms with Crippen molar-refractivity contribution in [1.82, 2.24) is 0 Å². The number of rotatable bonds is 9. The average Bonchev–Trinajstić information content (AvgIpc) is 2.89. The summed E-state index contributed by atoms with van der Waals surface area (Å²) >= 11 is 0. The molecule has 1 heterocycles. The number of methoxy groups -OCH3 is 2. The highest BCUT2D eigenvalue weighted by molar-refractivity contribution is 6.12. The summed E-state index contributed by atoms with van der Waals surface area (Å²) in [5.74, 6) is -0.700. The second kappa shape index (κ2) is 11.6. The van der Waals surface area contributed by atoms with E-state index in [1.54, 1.807) is 26.2 Å². The topological polar surface area (TPSA) is 104 Å². The van der Waals surface area contributed by atoms with Crippen molar-refractivity contribution in [3.05, 3.63) is 64.9 Å². The zero-order valence-electron chi connectivity index (χ0n) is 21.7. The maximum absolute atomic E-state index is 13.8. The predicted molar refractivity (Wildman–Crippen MR) is 138 cm³/mol. The molecular formula is C29H33NO7. The number of aliphatic imine (C=N–C) groups is 1. The molecule has 0 bridgehead atoms. The standard InChI is InChI=1S/C29H33NO7/c1-5-36-25-16-19(8-11-23(25)31)27-26(29(33)37-13-12-34-3)17(2)30-22-14-20(15-24(32)28(22)27)18-6-9-21(35-4)10-7-18/h6-11,16,20,27-28,31H,5,12-15H2,1-4H3/t20-,27+,28?/m0/s1. The number of benzene rings is 2. The average molecular weight is 508 g/mol. The summed E-state index contributed by atoms with van der Waals surface area (Å²) in [4.78, 5) is 31.8. The quantitative estimate of drug-likeness (QED) is 0.392. The molecule has 2 aromatic carbocycles. The molecule has 1 N–H and O–H groups in total. The van der Waals surface area contributed by atoms with Gasteiger partial charge in [0.2, 0.25) is 0 Å². The molecule has 0 amide bonds. The molecule has 8 nitrogen and oxygen atoms in total. The van der Waals surface area contributed by atoms with Crippen molar-refractivity contribution in [3.63, 3.8) is 0 Å². The van der Waals surface area contributed by atoms with Gasteiger partial charge in [0.15, 0.2) is 11.5 Å². The molecule has 1 saturated carbocycles. The lowest BCUT2D eigenvalue weighted by molar-refractivity contribution is -0.140. The van der Waals surface area contributed by atoms with Gasteiger partial charge in [-0.1, -0.05) is 18.2 Å². The summed E-state index contributed by atoms with van der Waals surface area (Å²) in [6.45, 7) is 4.31. The second-order valence-corrected chi connectivity index (χ2v) is 9.19. The van der Waals surface area contributed by atoms with Gasteiger partial charge in [-0.15, -0.1) is 0 Å². The minimum absolute atomic E-state index is 0.00485. The number of phenols is 1. The minimum atomic E-state index is -0.609. The lowest BCUT2D eigenvalue weighted by atomic mass is 9.66. The van der Waals surface area contributed by atoms with Crippen molar-refractivity contribution in [2.24, 2.45) is 10.9 Å². The monoisotopic (exact) mass is 507 g/mol. The third-order valence-corrected chi connectivity index (χ3v) is 6.92. The van der Waals surface area contributed by atoms with Gasteiger partial charge < -0.3 is 24.1 Å². The number of ether oxygens (including phenoxy) is 4. The number of hydrogen-bond donors (Lipinski definition) is 1. The Labute approximate surface area is 216 Å². The van der Waals surface area contributed by atoms with E-state index < -0.39 is 17.8 Å². The van der Waals surface area contributed by atoms with Crippen LogP contribution in [-0.2, 0) is 19.1 Å². The van der Waals surface area contributed by atoms with E-state index in [2.05, 4.69) is 0 Å². The highest BCUT2D eigenvalue weighted by Gasteiger charge is 2.46. The van der Waals surface area contributed by atoms with Crippen molar-refractivity contribution >= 4 is 17.5 Å². The Hall–Kier alpha value is -3.65. The molecule has 3 atom stereocenters. The van der Waals surface area contributed by atoms with E-state index in [1.807, 2.05) is 31.2 Å². The third-order valence-electron chi connectivity index (χ3n) is 6.92. The fourth-order valence-corrected chi connectivity index (χ4v) is 5.20. The van der Waals surface area contributed by atoms with Gasteiger partial charge in [0.25, 0.3) is 0 Å². The van der Waals surface area contributed by atoms with Crippen LogP contribution in [0.5, 0.6) is 17.2 Å². The van der Waals surface area contributed by atoms with Gasteiger partial charge in [-0.2, -0.15) is 0 Å². The van der Waals surface area contributed by atoms with Crippen LogP contribution >= 0.6 is 0 Å². The molecule has 1 aliphatic heterocycles. The number of carbonyl (C=O) groups is 2. The first-order valence-electron chi connectivity index (χ1n) is 12.4. The Kier molecular flexibility index (Phi) is 8.28. The van der Waals surface area contributed by atoms with Gasteiger partial charge in [-0.05, 0) is 61.6 Å². The van der Waals surface area contributed by atoms with Crippen LogP contribution in [0.1, 0.15) is 49.7 Å². The number of Topliss-reactive ketones (excluding diaryl/α,β-unsaturated/α-hetero) is 1. The first-order valence-corrected chi connectivity index (χ1v) is 12.4. The number of nitrogens with zero attached hydrogens (tertiary/aromatic N) is 1. The van der Waals surface area contributed by atoms with E-state index >= 15 is 0 Å². The zero-order chi connectivity index (χ0) is 26.5. The van der Waals surface area contributed by atoms with Gasteiger partial charge >= 0.3 is 5.97 Å². The van der Waals surface area contributed by atoms with Gasteiger partial charge in [0.05, 0.1) is 31.8 Å². The Morgan fingerprint density at radius 2 is 1.76 bits per heavy atom. The van der Waals surface area contributed by atoms with Crippen LogP contribution in [0, 0.1) is 5.92 Å². The zero-order valence-corrected chi connectivity index (χ0v) is 21.7. The molecule has 1 fully saturated rings. The number of esters is 1. The van der Waals surface area contributed by atoms with Crippen LogP contribution in [0.3, 0.4) is 0 Å². The number of aromatic hydroxyl groups is 1. The predicted octanol–water partition coefficient (Wildman–Crippen LogP) is 4.56. The van der Waals surface area contributed by atoms with E-state index in [-0.39, 0.29) is 30.7 Å². The van der Waals surface area contributed by atoms with E-state index in [9.17, 15) is 14.7 Å². The first-order chi connectivity index (χ1) is 17.9. The molecule has 2 aromatic rings. The van der Waals surface area contributed by atoms with Crippen molar-refractivity contribution < 1.29 is 33.6 Å². The Bertz CT molecular complexity index is 1220. The third kappa shape index (κ3) is 5.54. The molecule has 0 spiro atoms. The SMILES string of the molecule is CCOc1cc([C@@H]2C(C(=O)OCCOC)=C(C)N=C3C[C@H](c4ccc(OC)cc4)CC(=O)C32)ccc1O. The van der Waals surface area contributed by atoms with Crippen LogP contribution in [0.2, 0.25) is 0 Å². The summed E-state index contributed by atoms with van der Waals surface area (Å²) in [5, 5.41) is 10.3. The Balaban J connectivity index is 1.75. The number of carbonyl (C=O) groups excluding carboxylic acids is 2. The van der Waals surface area contributed by atoms with Crippen LogP contribution in [0.25, 0.3) is 0 Å². The number of phenolic OH excluding ortho intramolecular Hbond substituents is 1. The summed E-state index contributed by atoms with van der Waals surface area (Å²) in [5.41, 5.74) is 3.34. The molecule has 37 heavy (non-hydrogen) atoms. The molecule has 0 saturated heterocycles. The summed E-state index contributed by atoms with van der Waals surface area (Å²) in [6.07, 6.45) is 0.924. The van der Waals surface area contributed by atoms with Crippen LogP contribution in [-0.4, -0.2) is 56.6 Å². The Morgan fingerprint density at radius 3 is 2.43 bits per heavy atom. The second-order valence-electron chi connectivity index (χ2n) is 9.19. The van der Waals surface area contributed by atoms with Gasteiger partial charge in [-0.25, -0.2) is 4.79 Å². The molecule has 8 heteroatoms. The van der Waals surface area contributed by atoms with E-state index in [0.717, 1.165) is 17.0 Å².